The fourth-order valence-corrected chi connectivity index (χ4v) is 3.94. The van der Waals surface area contributed by atoms with Gasteiger partial charge in [-0.2, -0.15) is 0 Å². The Labute approximate surface area is 174 Å². The van der Waals surface area contributed by atoms with Crippen molar-refractivity contribution < 1.29 is 22.7 Å². The van der Waals surface area contributed by atoms with Gasteiger partial charge in [0.1, 0.15) is 23.7 Å². The molecule has 1 aliphatic rings. The maximum Gasteiger partial charge on any atom is 0.222 e. The van der Waals surface area contributed by atoms with Gasteiger partial charge in [0, 0.05) is 43.4 Å². The van der Waals surface area contributed by atoms with Crippen LogP contribution in [0.1, 0.15) is 20.8 Å². The maximum absolute atomic E-state index is 12.3. The minimum atomic E-state index is -3.60. The van der Waals surface area contributed by atoms with Crippen molar-refractivity contribution in [2.75, 3.05) is 18.2 Å². The van der Waals surface area contributed by atoms with Crippen molar-refractivity contribution in [1.29, 1.82) is 0 Å². The van der Waals surface area contributed by atoms with Crippen LogP contribution in [0.15, 0.2) is 29.6 Å². The standard InChI is InChI=1S/C20H22N4O5S/c1-11(25)22-16-6-12-13(9-24(4)14(12)8-21-16)18-19-15(29-20(2,3)10-28-19)7-17(23-18)30(5,26)27/h6-9H,10H2,1-5H3,(H,21,22,25). The number of rotatable bonds is 3. The van der Waals surface area contributed by atoms with Gasteiger partial charge in [-0.3, -0.25) is 4.79 Å². The van der Waals surface area contributed by atoms with Crippen LogP contribution in [0.2, 0.25) is 0 Å². The minimum Gasteiger partial charge on any atom is -0.483 e. The van der Waals surface area contributed by atoms with Gasteiger partial charge in [-0.25, -0.2) is 18.4 Å². The predicted molar refractivity (Wildman–Crippen MR) is 112 cm³/mol. The van der Waals surface area contributed by atoms with E-state index in [1.807, 2.05) is 31.7 Å². The quantitative estimate of drug-likeness (QED) is 0.679. The van der Waals surface area contributed by atoms with Crippen LogP contribution < -0.4 is 14.8 Å². The molecule has 3 aromatic rings. The highest BCUT2D eigenvalue weighted by Gasteiger charge is 2.33. The van der Waals surface area contributed by atoms with Gasteiger partial charge >= 0.3 is 0 Å². The van der Waals surface area contributed by atoms with Crippen molar-refractivity contribution in [3.8, 4) is 22.8 Å². The van der Waals surface area contributed by atoms with E-state index >= 15 is 0 Å². The number of aromatic nitrogens is 3. The van der Waals surface area contributed by atoms with Gasteiger partial charge in [0.2, 0.25) is 5.91 Å². The van der Waals surface area contributed by atoms with E-state index in [0.717, 1.165) is 17.2 Å². The van der Waals surface area contributed by atoms with Gasteiger partial charge in [0.15, 0.2) is 26.4 Å². The monoisotopic (exact) mass is 430 g/mol. The van der Waals surface area contributed by atoms with Crippen molar-refractivity contribution >= 4 is 32.5 Å². The van der Waals surface area contributed by atoms with Gasteiger partial charge in [0.05, 0.1) is 11.7 Å². The molecule has 3 aromatic heterocycles. The molecule has 4 heterocycles. The lowest BCUT2D eigenvalue weighted by molar-refractivity contribution is -0.114. The van der Waals surface area contributed by atoms with Crippen molar-refractivity contribution in [2.24, 2.45) is 7.05 Å². The first-order valence-corrected chi connectivity index (χ1v) is 11.1. The zero-order chi connectivity index (χ0) is 21.8. The van der Waals surface area contributed by atoms with Crippen LogP contribution in [0.25, 0.3) is 22.2 Å². The average molecular weight is 430 g/mol. The molecule has 0 aliphatic carbocycles. The molecule has 1 N–H and O–H groups in total. The number of hydrogen-bond donors (Lipinski definition) is 1. The summed E-state index contributed by atoms with van der Waals surface area (Å²) in [4.78, 5) is 20.1. The number of sulfone groups is 1. The summed E-state index contributed by atoms with van der Waals surface area (Å²) in [6.07, 6.45) is 4.56. The van der Waals surface area contributed by atoms with Crippen LogP contribution in [-0.2, 0) is 21.7 Å². The van der Waals surface area contributed by atoms with E-state index in [1.54, 1.807) is 12.3 Å². The lowest BCUT2D eigenvalue weighted by Crippen LogP contribution is -2.39. The molecule has 158 valence electrons. The summed E-state index contributed by atoms with van der Waals surface area (Å²) in [6.45, 7) is 5.41. The highest BCUT2D eigenvalue weighted by molar-refractivity contribution is 7.90. The first-order valence-electron chi connectivity index (χ1n) is 9.24. The number of amides is 1. The number of carbonyl (C=O) groups excluding carboxylic acids is 1. The summed E-state index contributed by atoms with van der Waals surface area (Å²) in [6, 6.07) is 3.12. The molecular weight excluding hydrogens is 408 g/mol. The third-order valence-corrected chi connectivity index (χ3v) is 5.65. The topological polar surface area (TPSA) is 112 Å². The first-order chi connectivity index (χ1) is 13.9. The smallest absolute Gasteiger partial charge is 0.222 e. The molecule has 0 unspecified atom stereocenters. The highest BCUT2D eigenvalue weighted by Crippen LogP contribution is 2.45. The van der Waals surface area contributed by atoms with E-state index in [4.69, 9.17) is 9.47 Å². The molecule has 0 fully saturated rings. The maximum atomic E-state index is 12.3. The summed E-state index contributed by atoms with van der Waals surface area (Å²) in [5.74, 6) is 0.846. The molecule has 1 aliphatic heterocycles. The summed E-state index contributed by atoms with van der Waals surface area (Å²) < 4.78 is 38.4. The molecule has 30 heavy (non-hydrogen) atoms. The molecule has 0 radical (unpaired) electrons. The third kappa shape index (κ3) is 3.58. The number of nitrogens with one attached hydrogen (secondary N) is 1. The number of hydrogen-bond acceptors (Lipinski definition) is 7. The molecule has 0 atom stereocenters. The highest BCUT2D eigenvalue weighted by atomic mass is 32.2. The number of ether oxygens (including phenoxy) is 2. The normalized spacial score (nSPS) is 15.2. The Hall–Kier alpha value is -3.14. The molecule has 0 saturated heterocycles. The van der Waals surface area contributed by atoms with Gasteiger partial charge in [-0.1, -0.05) is 0 Å². The molecule has 0 aromatic carbocycles. The summed E-state index contributed by atoms with van der Waals surface area (Å²) >= 11 is 0. The Kier molecular flexibility index (Phi) is 4.50. The third-order valence-electron chi connectivity index (χ3n) is 4.68. The zero-order valence-electron chi connectivity index (χ0n) is 17.3. The van der Waals surface area contributed by atoms with Gasteiger partial charge < -0.3 is 19.4 Å². The second-order valence-electron chi connectivity index (χ2n) is 7.98. The van der Waals surface area contributed by atoms with Gasteiger partial charge in [0.25, 0.3) is 0 Å². The largest absolute Gasteiger partial charge is 0.483 e. The van der Waals surface area contributed by atoms with Crippen LogP contribution in [0.5, 0.6) is 11.5 Å². The number of carbonyl (C=O) groups is 1. The van der Waals surface area contributed by atoms with E-state index in [-0.39, 0.29) is 17.5 Å². The zero-order valence-corrected chi connectivity index (χ0v) is 18.1. The second-order valence-corrected chi connectivity index (χ2v) is 9.94. The van der Waals surface area contributed by atoms with Gasteiger partial charge in [-0.15, -0.1) is 0 Å². The van der Waals surface area contributed by atoms with E-state index < -0.39 is 15.4 Å². The Morgan fingerprint density at radius 3 is 2.70 bits per heavy atom. The summed E-state index contributed by atoms with van der Waals surface area (Å²) in [5.41, 5.74) is 1.18. The Morgan fingerprint density at radius 1 is 1.30 bits per heavy atom. The fourth-order valence-electron chi connectivity index (χ4n) is 3.36. The second kappa shape index (κ2) is 6.69. The van der Waals surface area contributed by atoms with E-state index in [1.165, 1.54) is 13.0 Å². The number of anilines is 1. The molecule has 0 bridgehead atoms. The molecular formula is C20H22N4O5S. The van der Waals surface area contributed by atoms with Crippen molar-refractivity contribution in [1.82, 2.24) is 14.5 Å². The number of fused-ring (bicyclic) bond motifs is 2. The Morgan fingerprint density at radius 2 is 2.03 bits per heavy atom. The van der Waals surface area contributed by atoms with Crippen LogP contribution in [0.4, 0.5) is 5.82 Å². The van der Waals surface area contributed by atoms with Crippen LogP contribution in [-0.4, -0.2) is 47.3 Å². The first kappa shape index (κ1) is 20.1. The number of pyridine rings is 2. The molecule has 10 heteroatoms. The van der Waals surface area contributed by atoms with Crippen molar-refractivity contribution in [3.63, 3.8) is 0 Å². The van der Waals surface area contributed by atoms with E-state index in [0.29, 0.717) is 28.6 Å². The number of aryl methyl sites for hydroxylation is 1. The summed E-state index contributed by atoms with van der Waals surface area (Å²) in [7, 11) is -1.75. The molecule has 9 nitrogen and oxygen atoms in total. The predicted octanol–water partition coefficient (Wildman–Crippen LogP) is 2.55. The summed E-state index contributed by atoms with van der Waals surface area (Å²) in [5, 5.41) is 3.30. The molecule has 0 spiro atoms. The SMILES string of the molecule is CC(=O)Nc1cc2c(-c3nc(S(C)(=O)=O)cc4c3OCC(C)(C)O4)cn(C)c2cn1. The minimum absolute atomic E-state index is 0.106. The van der Waals surface area contributed by atoms with Gasteiger partial charge in [-0.05, 0) is 19.9 Å². The fraction of sp³-hybridized carbons (Fsp3) is 0.350. The Bertz CT molecular complexity index is 1290. The van der Waals surface area contributed by atoms with E-state index in [2.05, 4.69) is 15.3 Å². The molecule has 4 rings (SSSR count). The number of nitrogens with zero attached hydrogens (tertiary/aromatic N) is 3. The van der Waals surface area contributed by atoms with E-state index in [9.17, 15) is 13.2 Å². The average Bonchev–Trinajstić information content (AvgIpc) is 2.94. The van der Waals surface area contributed by atoms with Crippen LogP contribution >= 0.6 is 0 Å². The van der Waals surface area contributed by atoms with Crippen molar-refractivity contribution in [3.05, 3.63) is 24.5 Å². The lowest BCUT2D eigenvalue weighted by Gasteiger charge is -2.33. The molecule has 0 saturated carbocycles. The van der Waals surface area contributed by atoms with Crippen LogP contribution in [0.3, 0.4) is 0 Å². The molecule has 1 amide bonds. The van der Waals surface area contributed by atoms with Crippen molar-refractivity contribution in [2.45, 2.75) is 31.4 Å². The Balaban J connectivity index is 2.00. The van der Waals surface area contributed by atoms with Crippen LogP contribution in [0, 0.1) is 0 Å². The lowest BCUT2D eigenvalue weighted by atomic mass is 10.1.